The lowest BCUT2D eigenvalue weighted by Gasteiger charge is -2.35. The van der Waals surface area contributed by atoms with E-state index in [1.807, 2.05) is 6.92 Å². The van der Waals surface area contributed by atoms with Crippen molar-refractivity contribution in [2.45, 2.75) is 52.7 Å². The van der Waals surface area contributed by atoms with Gasteiger partial charge in [-0.05, 0) is 18.8 Å². The van der Waals surface area contributed by atoms with Gasteiger partial charge in [-0.2, -0.15) is 0 Å². The molecule has 0 aliphatic carbocycles. The molecule has 0 heterocycles. The van der Waals surface area contributed by atoms with E-state index in [0.717, 1.165) is 12.8 Å². The highest BCUT2D eigenvalue weighted by Gasteiger charge is 2.31. The fraction of sp³-hybridized carbons (Fsp3) is 0.833. The summed E-state index contributed by atoms with van der Waals surface area (Å²) in [5.41, 5.74) is 2.90. The molecule has 0 aliphatic rings. The number of hydrazine groups is 1. The Bertz CT molecular complexity index is 222. The van der Waals surface area contributed by atoms with E-state index in [1.54, 1.807) is 7.11 Å². The molecule has 0 radical (unpaired) electrons. The molecule has 3 N–H and O–H groups in total. The average molecular weight is 212 g/mol. The van der Waals surface area contributed by atoms with Gasteiger partial charge in [0.1, 0.15) is 0 Å². The Kier molecular flexibility index (Phi) is 6.58. The van der Waals surface area contributed by atoms with E-state index < -0.39 is 0 Å². The zero-order valence-corrected chi connectivity index (χ0v) is 10.6. The van der Waals surface area contributed by atoms with Crippen LogP contribution in [0.3, 0.4) is 0 Å². The summed E-state index contributed by atoms with van der Waals surface area (Å²) >= 11 is 0. The monoisotopic (exact) mass is 212 g/mol. The molecule has 15 heavy (non-hydrogen) atoms. The van der Waals surface area contributed by atoms with Crippen LogP contribution in [0.4, 0.5) is 0 Å². The fourth-order valence-corrected chi connectivity index (χ4v) is 1.80. The van der Waals surface area contributed by atoms with E-state index in [2.05, 4.69) is 38.0 Å². The molecular formula is C12H24N2O. The topological polar surface area (TPSA) is 47.3 Å². The number of ether oxygens (including phenoxy) is 1. The van der Waals surface area contributed by atoms with Crippen molar-refractivity contribution in [1.29, 1.82) is 0 Å². The van der Waals surface area contributed by atoms with Gasteiger partial charge in [0.2, 0.25) is 0 Å². The molecule has 0 amide bonds. The quantitative estimate of drug-likeness (QED) is 0.414. The van der Waals surface area contributed by atoms with Gasteiger partial charge < -0.3 is 4.74 Å². The number of nitrogens with one attached hydrogen (secondary N) is 1. The standard InChI is InChI=1S/C12H24N2O/c1-6-7-8-9-10(14-13)11(15-5)12(2,3)4/h10-11,14H,8-9,13H2,1-5H3. The van der Waals surface area contributed by atoms with Crippen molar-refractivity contribution in [3.8, 4) is 11.8 Å². The summed E-state index contributed by atoms with van der Waals surface area (Å²) in [6.07, 6.45) is 1.86. The zero-order chi connectivity index (χ0) is 11.9. The number of nitrogens with two attached hydrogens (primary N) is 1. The number of methoxy groups -OCH3 is 1. The predicted octanol–water partition coefficient (Wildman–Crippen LogP) is 1.68. The van der Waals surface area contributed by atoms with Gasteiger partial charge in [-0.3, -0.25) is 11.3 Å². The molecule has 3 nitrogen and oxygen atoms in total. The van der Waals surface area contributed by atoms with Gasteiger partial charge in [-0.1, -0.05) is 20.8 Å². The molecule has 0 aliphatic heterocycles. The second-order valence-corrected chi connectivity index (χ2v) is 4.76. The van der Waals surface area contributed by atoms with Crippen molar-refractivity contribution in [2.24, 2.45) is 11.3 Å². The molecule has 0 aromatic heterocycles. The van der Waals surface area contributed by atoms with Gasteiger partial charge in [0.25, 0.3) is 0 Å². The molecule has 0 saturated carbocycles. The summed E-state index contributed by atoms with van der Waals surface area (Å²) in [7, 11) is 1.73. The Morgan fingerprint density at radius 2 is 2.00 bits per heavy atom. The lowest BCUT2D eigenvalue weighted by Crippen LogP contribution is -2.50. The third kappa shape index (κ3) is 5.17. The van der Waals surface area contributed by atoms with Crippen molar-refractivity contribution >= 4 is 0 Å². The van der Waals surface area contributed by atoms with Crippen LogP contribution in [0.5, 0.6) is 0 Å². The first-order chi connectivity index (χ1) is 6.97. The van der Waals surface area contributed by atoms with Gasteiger partial charge in [0.05, 0.1) is 6.10 Å². The van der Waals surface area contributed by atoms with E-state index in [-0.39, 0.29) is 17.6 Å². The van der Waals surface area contributed by atoms with Gasteiger partial charge in [-0.15, -0.1) is 11.8 Å². The molecule has 2 unspecified atom stereocenters. The molecule has 2 atom stereocenters. The maximum Gasteiger partial charge on any atom is 0.0786 e. The lowest BCUT2D eigenvalue weighted by atomic mass is 9.83. The van der Waals surface area contributed by atoms with Crippen molar-refractivity contribution < 1.29 is 4.74 Å². The second kappa shape index (κ2) is 6.84. The van der Waals surface area contributed by atoms with Crippen LogP contribution in [-0.2, 0) is 4.74 Å². The van der Waals surface area contributed by atoms with Crippen LogP contribution in [0.2, 0.25) is 0 Å². The Balaban J connectivity index is 4.38. The molecular weight excluding hydrogens is 188 g/mol. The van der Waals surface area contributed by atoms with Crippen LogP contribution in [0.25, 0.3) is 0 Å². The zero-order valence-electron chi connectivity index (χ0n) is 10.6. The Morgan fingerprint density at radius 1 is 1.40 bits per heavy atom. The van der Waals surface area contributed by atoms with Crippen LogP contribution in [0.15, 0.2) is 0 Å². The molecule has 0 saturated heterocycles. The van der Waals surface area contributed by atoms with E-state index in [1.165, 1.54) is 0 Å². The van der Waals surface area contributed by atoms with E-state index >= 15 is 0 Å². The summed E-state index contributed by atoms with van der Waals surface area (Å²) in [6.45, 7) is 8.30. The Morgan fingerprint density at radius 3 is 2.33 bits per heavy atom. The van der Waals surface area contributed by atoms with E-state index in [0.29, 0.717) is 0 Å². The van der Waals surface area contributed by atoms with Crippen LogP contribution < -0.4 is 11.3 Å². The number of hydrogen-bond donors (Lipinski definition) is 2. The molecule has 0 bridgehead atoms. The second-order valence-electron chi connectivity index (χ2n) is 4.76. The van der Waals surface area contributed by atoms with Crippen LogP contribution in [0.1, 0.15) is 40.5 Å². The van der Waals surface area contributed by atoms with Gasteiger partial charge in [-0.25, -0.2) is 0 Å². The molecule has 0 aromatic rings. The van der Waals surface area contributed by atoms with E-state index in [4.69, 9.17) is 10.6 Å². The smallest absolute Gasteiger partial charge is 0.0786 e. The Hall–Kier alpha value is -0.560. The molecule has 0 rings (SSSR count). The summed E-state index contributed by atoms with van der Waals surface area (Å²) < 4.78 is 5.51. The first kappa shape index (κ1) is 14.4. The maximum atomic E-state index is 5.55. The lowest BCUT2D eigenvalue weighted by molar-refractivity contribution is -0.0128. The molecule has 88 valence electrons. The van der Waals surface area contributed by atoms with Gasteiger partial charge in [0.15, 0.2) is 0 Å². The first-order valence-corrected chi connectivity index (χ1v) is 5.36. The summed E-state index contributed by atoms with van der Waals surface area (Å²) in [5, 5.41) is 0. The van der Waals surface area contributed by atoms with Crippen molar-refractivity contribution in [1.82, 2.24) is 5.43 Å². The van der Waals surface area contributed by atoms with E-state index in [9.17, 15) is 0 Å². The highest BCUT2D eigenvalue weighted by atomic mass is 16.5. The molecule has 0 aromatic carbocycles. The highest BCUT2D eigenvalue weighted by molar-refractivity contribution is 4.97. The predicted molar refractivity (Wildman–Crippen MR) is 64.0 cm³/mol. The summed E-state index contributed by atoms with van der Waals surface area (Å²) in [5.74, 6) is 11.5. The van der Waals surface area contributed by atoms with Crippen LogP contribution in [-0.4, -0.2) is 19.3 Å². The normalized spacial score (nSPS) is 15.3. The van der Waals surface area contributed by atoms with Crippen LogP contribution >= 0.6 is 0 Å². The SMILES string of the molecule is CC#CCCC(NN)C(OC)C(C)(C)C. The van der Waals surface area contributed by atoms with Gasteiger partial charge >= 0.3 is 0 Å². The summed E-state index contributed by atoms with van der Waals surface area (Å²) in [6, 6.07) is 0.149. The maximum absolute atomic E-state index is 5.55. The van der Waals surface area contributed by atoms with Crippen molar-refractivity contribution in [3.05, 3.63) is 0 Å². The number of rotatable bonds is 5. The third-order valence-electron chi connectivity index (χ3n) is 2.44. The van der Waals surface area contributed by atoms with Crippen molar-refractivity contribution in [3.63, 3.8) is 0 Å². The van der Waals surface area contributed by atoms with Crippen molar-refractivity contribution in [2.75, 3.05) is 7.11 Å². The molecule has 0 spiro atoms. The largest absolute Gasteiger partial charge is 0.379 e. The minimum absolute atomic E-state index is 0.0748. The average Bonchev–Trinajstić information content (AvgIpc) is 2.14. The first-order valence-electron chi connectivity index (χ1n) is 5.36. The molecule has 3 heteroatoms. The third-order valence-corrected chi connectivity index (χ3v) is 2.44. The van der Waals surface area contributed by atoms with Crippen LogP contribution in [0, 0.1) is 17.3 Å². The fourth-order valence-electron chi connectivity index (χ4n) is 1.80. The highest BCUT2D eigenvalue weighted by Crippen LogP contribution is 2.25. The minimum atomic E-state index is 0.0748. The van der Waals surface area contributed by atoms with Gasteiger partial charge in [0, 0.05) is 19.6 Å². The molecule has 0 fully saturated rings. The number of hydrogen-bond acceptors (Lipinski definition) is 3. The summed E-state index contributed by atoms with van der Waals surface area (Å²) in [4.78, 5) is 0. The Labute approximate surface area is 93.7 Å². The minimum Gasteiger partial charge on any atom is -0.379 e.